The maximum Gasteiger partial charge on any atom is 0.333 e. The lowest BCUT2D eigenvalue weighted by Gasteiger charge is -2.16. The second-order valence-electron chi connectivity index (χ2n) is 3.40. The molecule has 0 heterocycles. The Morgan fingerprint density at radius 1 is 1.57 bits per heavy atom. The van der Waals surface area contributed by atoms with Crippen LogP contribution in [0.15, 0.2) is 12.2 Å². The van der Waals surface area contributed by atoms with Crippen LogP contribution in [-0.4, -0.2) is 35.0 Å². The SMILES string of the molecule is C=C(C)C(=O)OC(C)CC(O)CCO. The summed E-state index contributed by atoms with van der Waals surface area (Å²) < 4.78 is 4.95. The molecule has 0 aliphatic rings. The minimum absolute atomic E-state index is 0.0671. The third-order valence-electron chi connectivity index (χ3n) is 1.72. The topological polar surface area (TPSA) is 66.8 Å². The van der Waals surface area contributed by atoms with Crippen LogP contribution in [0.25, 0.3) is 0 Å². The van der Waals surface area contributed by atoms with E-state index in [4.69, 9.17) is 9.84 Å². The Morgan fingerprint density at radius 3 is 2.57 bits per heavy atom. The largest absolute Gasteiger partial charge is 0.459 e. The summed E-state index contributed by atoms with van der Waals surface area (Å²) in [6.07, 6.45) is -0.358. The molecule has 4 heteroatoms. The Labute approximate surface area is 84.2 Å². The molecule has 0 bridgehead atoms. The Kier molecular flexibility index (Phi) is 6.16. The molecule has 0 aliphatic heterocycles. The monoisotopic (exact) mass is 202 g/mol. The maximum absolute atomic E-state index is 11.0. The summed E-state index contributed by atoms with van der Waals surface area (Å²) in [5, 5.41) is 17.8. The minimum atomic E-state index is -0.632. The first-order chi connectivity index (χ1) is 6.47. The Morgan fingerprint density at radius 2 is 2.14 bits per heavy atom. The van der Waals surface area contributed by atoms with Gasteiger partial charge in [0.2, 0.25) is 0 Å². The van der Waals surface area contributed by atoms with Crippen LogP contribution in [0.2, 0.25) is 0 Å². The summed E-state index contributed by atoms with van der Waals surface area (Å²) >= 11 is 0. The van der Waals surface area contributed by atoms with E-state index in [9.17, 15) is 9.90 Å². The molecule has 0 saturated carbocycles. The average molecular weight is 202 g/mol. The molecule has 0 aromatic heterocycles. The molecule has 0 aromatic carbocycles. The lowest BCUT2D eigenvalue weighted by Crippen LogP contribution is -2.22. The van der Waals surface area contributed by atoms with E-state index in [0.29, 0.717) is 18.4 Å². The highest BCUT2D eigenvalue weighted by molar-refractivity contribution is 5.87. The van der Waals surface area contributed by atoms with Gasteiger partial charge in [0.05, 0.1) is 6.10 Å². The molecule has 82 valence electrons. The number of rotatable bonds is 6. The van der Waals surface area contributed by atoms with E-state index in [0.717, 1.165) is 0 Å². The predicted octanol–water partition coefficient (Wildman–Crippen LogP) is 0.628. The van der Waals surface area contributed by atoms with Crippen molar-refractivity contribution in [1.29, 1.82) is 0 Å². The van der Waals surface area contributed by atoms with Gasteiger partial charge in [-0.25, -0.2) is 4.79 Å². The first-order valence-corrected chi connectivity index (χ1v) is 4.62. The van der Waals surface area contributed by atoms with Gasteiger partial charge in [0.25, 0.3) is 0 Å². The van der Waals surface area contributed by atoms with Crippen LogP contribution in [0, 0.1) is 0 Å². The van der Waals surface area contributed by atoms with Crippen LogP contribution >= 0.6 is 0 Å². The van der Waals surface area contributed by atoms with Crippen molar-refractivity contribution in [2.45, 2.75) is 38.9 Å². The van der Waals surface area contributed by atoms with Crippen LogP contribution in [0.1, 0.15) is 26.7 Å². The summed E-state index contributed by atoms with van der Waals surface area (Å²) in [4.78, 5) is 11.0. The first-order valence-electron chi connectivity index (χ1n) is 4.62. The van der Waals surface area contributed by atoms with Crippen LogP contribution in [0.3, 0.4) is 0 Å². The van der Waals surface area contributed by atoms with Crippen molar-refractivity contribution in [1.82, 2.24) is 0 Å². The summed E-state index contributed by atoms with van der Waals surface area (Å²) in [5.74, 6) is -0.450. The van der Waals surface area contributed by atoms with Gasteiger partial charge in [-0.15, -0.1) is 0 Å². The summed E-state index contributed by atoms with van der Waals surface area (Å²) in [6.45, 7) is 6.64. The Balaban J connectivity index is 3.80. The van der Waals surface area contributed by atoms with E-state index in [1.165, 1.54) is 0 Å². The quantitative estimate of drug-likeness (QED) is 0.489. The van der Waals surface area contributed by atoms with Crippen molar-refractivity contribution < 1.29 is 19.7 Å². The van der Waals surface area contributed by atoms with Crippen molar-refractivity contribution in [3.63, 3.8) is 0 Å². The van der Waals surface area contributed by atoms with Crippen molar-refractivity contribution in [2.75, 3.05) is 6.61 Å². The van der Waals surface area contributed by atoms with Crippen molar-refractivity contribution in [2.24, 2.45) is 0 Å². The van der Waals surface area contributed by atoms with Crippen LogP contribution < -0.4 is 0 Å². The molecular formula is C10H18O4. The number of aliphatic hydroxyl groups is 2. The number of aliphatic hydroxyl groups excluding tert-OH is 2. The highest BCUT2D eigenvalue weighted by atomic mass is 16.5. The van der Waals surface area contributed by atoms with E-state index in [2.05, 4.69) is 6.58 Å². The molecule has 14 heavy (non-hydrogen) atoms. The van der Waals surface area contributed by atoms with E-state index in [1.54, 1.807) is 13.8 Å². The minimum Gasteiger partial charge on any atom is -0.459 e. The van der Waals surface area contributed by atoms with Gasteiger partial charge < -0.3 is 14.9 Å². The van der Waals surface area contributed by atoms with Gasteiger partial charge >= 0.3 is 5.97 Å². The number of ether oxygens (including phenoxy) is 1. The number of carbonyl (C=O) groups excluding carboxylic acids is 1. The zero-order chi connectivity index (χ0) is 11.1. The second kappa shape index (κ2) is 6.56. The van der Waals surface area contributed by atoms with Gasteiger partial charge in [-0.2, -0.15) is 0 Å². The molecule has 0 saturated heterocycles. The van der Waals surface area contributed by atoms with Gasteiger partial charge in [-0.3, -0.25) is 0 Å². The average Bonchev–Trinajstić information content (AvgIpc) is 2.03. The Bertz CT molecular complexity index is 200. The fourth-order valence-electron chi connectivity index (χ4n) is 0.981. The molecule has 0 aromatic rings. The fourth-order valence-corrected chi connectivity index (χ4v) is 0.981. The lowest BCUT2D eigenvalue weighted by molar-refractivity contribution is -0.144. The zero-order valence-electron chi connectivity index (χ0n) is 8.69. The molecule has 0 fully saturated rings. The van der Waals surface area contributed by atoms with E-state index in [-0.39, 0.29) is 12.7 Å². The van der Waals surface area contributed by atoms with Gasteiger partial charge in [-0.05, 0) is 20.3 Å². The molecule has 0 spiro atoms. The maximum atomic E-state index is 11.0. The fraction of sp³-hybridized carbons (Fsp3) is 0.700. The number of carbonyl (C=O) groups is 1. The van der Waals surface area contributed by atoms with E-state index in [1.807, 2.05) is 0 Å². The van der Waals surface area contributed by atoms with Gasteiger partial charge in [0, 0.05) is 18.6 Å². The second-order valence-corrected chi connectivity index (χ2v) is 3.40. The van der Waals surface area contributed by atoms with E-state index < -0.39 is 12.1 Å². The number of esters is 1. The summed E-state index contributed by atoms with van der Waals surface area (Å²) in [5.41, 5.74) is 0.341. The van der Waals surface area contributed by atoms with E-state index >= 15 is 0 Å². The molecule has 0 aliphatic carbocycles. The summed E-state index contributed by atoms with van der Waals surface area (Å²) in [7, 11) is 0. The van der Waals surface area contributed by atoms with Gasteiger partial charge in [0.15, 0.2) is 0 Å². The smallest absolute Gasteiger partial charge is 0.333 e. The third kappa shape index (κ3) is 5.72. The first kappa shape index (κ1) is 13.1. The van der Waals surface area contributed by atoms with Crippen LogP contribution in [0.4, 0.5) is 0 Å². The molecule has 2 atom stereocenters. The van der Waals surface area contributed by atoms with Crippen LogP contribution in [0.5, 0.6) is 0 Å². The van der Waals surface area contributed by atoms with Gasteiger partial charge in [0.1, 0.15) is 6.10 Å². The number of hydrogen-bond donors (Lipinski definition) is 2. The summed E-state index contributed by atoms with van der Waals surface area (Å²) in [6, 6.07) is 0. The predicted molar refractivity (Wildman–Crippen MR) is 52.7 cm³/mol. The van der Waals surface area contributed by atoms with Crippen molar-refractivity contribution in [3.05, 3.63) is 12.2 Å². The van der Waals surface area contributed by atoms with Crippen molar-refractivity contribution in [3.8, 4) is 0 Å². The van der Waals surface area contributed by atoms with Gasteiger partial charge in [-0.1, -0.05) is 6.58 Å². The van der Waals surface area contributed by atoms with Crippen molar-refractivity contribution >= 4 is 5.97 Å². The third-order valence-corrected chi connectivity index (χ3v) is 1.72. The molecular weight excluding hydrogens is 184 g/mol. The lowest BCUT2D eigenvalue weighted by atomic mass is 10.1. The molecule has 0 radical (unpaired) electrons. The standard InChI is InChI=1S/C10H18O4/c1-7(2)10(13)14-8(3)6-9(12)4-5-11/h8-9,11-12H,1,4-6H2,2-3H3. The normalized spacial score (nSPS) is 14.6. The molecule has 2 unspecified atom stereocenters. The zero-order valence-corrected chi connectivity index (χ0v) is 8.69. The highest BCUT2D eigenvalue weighted by Crippen LogP contribution is 2.07. The number of hydrogen-bond acceptors (Lipinski definition) is 4. The van der Waals surface area contributed by atoms with Crippen LogP contribution in [-0.2, 0) is 9.53 Å². The molecule has 0 rings (SSSR count). The molecule has 4 nitrogen and oxygen atoms in total. The highest BCUT2D eigenvalue weighted by Gasteiger charge is 2.14. The molecule has 0 amide bonds. The molecule has 2 N–H and O–H groups in total. The Hall–Kier alpha value is -0.870.